The number of nitrogens with one attached hydrogen (secondary N) is 1. The lowest BCUT2D eigenvalue weighted by molar-refractivity contribution is 0.474. The van der Waals surface area contributed by atoms with Gasteiger partial charge >= 0.3 is 0 Å². The summed E-state index contributed by atoms with van der Waals surface area (Å²) in [6, 6.07) is 18.2. The van der Waals surface area contributed by atoms with E-state index in [0.29, 0.717) is 11.7 Å². The SMILES string of the molecule is CC(CNC(C)c1ccc(O)cc1)c1ccccc1. The van der Waals surface area contributed by atoms with Crippen LogP contribution >= 0.6 is 0 Å². The van der Waals surface area contributed by atoms with Crippen LogP contribution in [0.2, 0.25) is 0 Å². The first-order valence-electron chi connectivity index (χ1n) is 6.74. The predicted octanol–water partition coefficient (Wildman–Crippen LogP) is 3.85. The van der Waals surface area contributed by atoms with E-state index < -0.39 is 0 Å². The molecule has 0 aromatic heterocycles. The first kappa shape index (κ1) is 13.6. The van der Waals surface area contributed by atoms with Gasteiger partial charge in [-0.25, -0.2) is 0 Å². The predicted molar refractivity (Wildman–Crippen MR) is 79.4 cm³/mol. The number of benzene rings is 2. The van der Waals surface area contributed by atoms with Crippen molar-refractivity contribution in [3.8, 4) is 5.75 Å². The molecule has 0 heterocycles. The van der Waals surface area contributed by atoms with Crippen LogP contribution in [0.15, 0.2) is 54.6 Å². The summed E-state index contributed by atoms with van der Waals surface area (Å²) >= 11 is 0. The summed E-state index contributed by atoms with van der Waals surface area (Å²) in [5.41, 5.74) is 2.55. The summed E-state index contributed by atoms with van der Waals surface area (Å²) < 4.78 is 0. The Morgan fingerprint density at radius 1 is 0.895 bits per heavy atom. The molecule has 0 bridgehead atoms. The number of rotatable bonds is 5. The highest BCUT2D eigenvalue weighted by Gasteiger charge is 2.08. The van der Waals surface area contributed by atoms with Crippen molar-refractivity contribution in [2.45, 2.75) is 25.8 Å². The molecule has 0 amide bonds. The van der Waals surface area contributed by atoms with Crippen LogP contribution in [0.1, 0.15) is 36.9 Å². The second-order valence-corrected chi connectivity index (χ2v) is 5.03. The molecular formula is C17H21NO. The molecule has 0 radical (unpaired) electrons. The molecule has 2 aromatic carbocycles. The van der Waals surface area contributed by atoms with Gasteiger partial charge in [0.05, 0.1) is 0 Å². The molecule has 2 atom stereocenters. The van der Waals surface area contributed by atoms with Crippen molar-refractivity contribution in [2.75, 3.05) is 6.54 Å². The largest absolute Gasteiger partial charge is 0.508 e. The molecule has 2 unspecified atom stereocenters. The standard InChI is InChI=1S/C17H21NO/c1-13(15-6-4-3-5-7-15)12-18-14(2)16-8-10-17(19)11-9-16/h3-11,13-14,18-19H,12H2,1-2H3. The average molecular weight is 255 g/mol. The molecule has 0 saturated heterocycles. The first-order valence-corrected chi connectivity index (χ1v) is 6.74. The zero-order valence-electron chi connectivity index (χ0n) is 11.5. The summed E-state index contributed by atoms with van der Waals surface area (Å²) in [6.45, 7) is 5.31. The van der Waals surface area contributed by atoms with Crippen molar-refractivity contribution in [1.29, 1.82) is 0 Å². The summed E-state index contributed by atoms with van der Waals surface area (Å²) in [4.78, 5) is 0. The summed E-state index contributed by atoms with van der Waals surface area (Å²) in [6.07, 6.45) is 0. The van der Waals surface area contributed by atoms with Gasteiger partial charge in [0, 0.05) is 12.6 Å². The molecule has 2 rings (SSSR count). The van der Waals surface area contributed by atoms with Gasteiger partial charge in [-0.2, -0.15) is 0 Å². The topological polar surface area (TPSA) is 32.3 Å². The van der Waals surface area contributed by atoms with Gasteiger partial charge in [-0.1, -0.05) is 49.4 Å². The van der Waals surface area contributed by atoms with Gasteiger partial charge in [-0.15, -0.1) is 0 Å². The minimum atomic E-state index is 0.284. The number of hydrogen-bond acceptors (Lipinski definition) is 2. The lowest BCUT2D eigenvalue weighted by Gasteiger charge is -2.18. The zero-order chi connectivity index (χ0) is 13.7. The third-order valence-corrected chi connectivity index (χ3v) is 3.49. The van der Waals surface area contributed by atoms with Crippen LogP contribution in [-0.2, 0) is 0 Å². The Morgan fingerprint density at radius 2 is 1.53 bits per heavy atom. The first-order chi connectivity index (χ1) is 9.16. The molecule has 2 heteroatoms. The second kappa shape index (κ2) is 6.39. The fourth-order valence-corrected chi connectivity index (χ4v) is 2.13. The van der Waals surface area contributed by atoms with E-state index in [-0.39, 0.29) is 6.04 Å². The number of aromatic hydroxyl groups is 1. The average Bonchev–Trinajstić information content (AvgIpc) is 2.46. The highest BCUT2D eigenvalue weighted by Crippen LogP contribution is 2.18. The van der Waals surface area contributed by atoms with E-state index >= 15 is 0 Å². The number of phenols is 1. The van der Waals surface area contributed by atoms with Gasteiger partial charge in [0.25, 0.3) is 0 Å². The van der Waals surface area contributed by atoms with Crippen molar-refractivity contribution in [2.24, 2.45) is 0 Å². The molecule has 2 N–H and O–H groups in total. The van der Waals surface area contributed by atoms with Gasteiger partial charge in [-0.3, -0.25) is 0 Å². The lowest BCUT2D eigenvalue weighted by atomic mass is 10.0. The maximum atomic E-state index is 9.28. The van der Waals surface area contributed by atoms with Crippen LogP contribution in [0.4, 0.5) is 0 Å². The van der Waals surface area contributed by atoms with E-state index in [4.69, 9.17) is 0 Å². The van der Waals surface area contributed by atoms with Gasteiger partial charge in [0.15, 0.2) is 0 Å². The minimum absolute atomic E-state index is 0.284. The minimum Gasteiger partial charge on any atom is -0.508 e. The number of phenolic OH excluding ortho intramolecular Hbond substituents is 1. The normalized spacial score (nSPS) is 14.0. The van der Waals surface area contributed by atoms with Crippen molar-refractivity contribution in [1.82, 2.24) is 5.32 Å². The molecule has 2 nitrogen and oxygen atoms in total. The van der Waals surface area contributed by atoms with E-state index in [1.54, 1.807) is 12.1 Å². The maximum absolute atomic E-state index is 9.28. The van der Waals surface area contributed by atoms with Crippen LogP contribution in [0, 0.1) is 0 Å². The summed E-state index contributed by atoms with van der Waals surface area (Å²) in [7, 11) is 0. The molecule has 100 valence electrons. The van der Waals surface area contributed by atoms with E-state index in [0.717, 1.165) is 6.54 Å². The van der Waals surface area contributed by atoms with E-state index in [1.165, 1.54) is 11.1 Å². The Kier molecular flexibility index (Phi) is 4.58. The monoisotopic (exact) mass is 255 g/mol. The van der Waals surface area contributed by atoms with Gasteiger partial charge in [-0.05, 0) is 36.1 Å². The quantitative estimate of drug-likeness (QED) is 0.850. The third-order valence-electron chi connectivity index (χ3n) is 3.49. The van der Waals surface area contributed by atoms with Crippen molar-refractivity contribution in [3.05, 3.63) is 65.7 Å². The second-order valence-electron chi connectivity index (χ2n) is 5.03. The van der Waals surface area contributed by atoms with E-state index in [2.05, 4.69) is 43.4 Å². The molecule has 0 spiro atoms. The molecule has 0 aliphatic rings. The maximum Gasteiger partial charge on any atom is 0.115 e. The van der Waals surface area contributed by atoms with Gasteiger partial charge in [0.1, 0.15) is 5.75 Å². The Balaban J connectivity index is 1.90. The Labute approximate surface area is 115 Å². The molecule has 0 aliphatic carbocycles. The molecule has 0 aliphatic heterocycles. The Hall–Kier alpha value is -1.80. The molecule has 2 aromatic rings. The lowest BCUT2D eigenvalue weighted by Crippen LogP contribution is -2.23. The summed E-state index contributed by atoms with van der Waals surface area (Å²) in [5, 5.41) is 12.8. The summed E-state index contributed by atoms with van der Waals surface area (Å²) in [5.74, 6) is 0.800. The van der Waals surface area contributed by atoms with Gasteiger partial charge in [0.2, 0.25) is 0 Å². The molecule has 0 saturated carbocycles. The zero-order valence-corrected chi connectivity index (χ0v) is 11.5. The van der Waals surface area contributed by atoms with Gasteiger partial charge < -0.3 is 10.4 Å². The third kappa shape index (κ3) is 3.83. The van der Waals surface area contributed by atoms with Crippen LogP contribution in [0.25, 0.3) is 0 Å². The van der Waals surface area contributed by atoms with Crippen molar-refractivity contribution >= 4 is 0 Å². The van der Waals surface area contributed by atoms with Crippen LogP contribution in [0.5, 0.6) is 5.75 Å². The molecule has 0 fully saturated rings. The highest BCUT2D eigenvalue weighted by molar-refractivity contribution is 5.27. The fraction of sp³-hybridized carbons (Fsp3) is 0.294. The fourth-order valence-electron chi connectivity index (χ4n) is 2.13. The highest BCUT2D eigenvalue weighted by atomic mass is 16.3. The van der Waals surface area contributed by atoms with Crippen LogP contribution < -0.4 is 5.32 Å². The van der Waals surface area contributed by atoms with Crippen molar-refractivity contribution < 1.29 is 5.11 Å². The Morgan fingerprint density at radius 3 is 2.16 bits per heavy atom. The molecule has 19 heavy (non-hydrogen) atoms. The van der Waals surface area contributed by atoms with E-state index in [1.807, 2.05) is 18.2 Å². The molecular weight excluding hydrogens is 234 g/mol. The van der Waals surface area contributed by atoms with Crippen LogP contribution in [-0.4, -0.2) is 11.7 Å². The van der Waals surface area contributed by atoms with E-state index in [9.17, 15) is 5.11 Å². The number of hydrogen-bond donors (Lipinski definition) is 2. The van der Waals surface area contributed by atoms with Crippen LogP contribution in [0.3, 0.4) is 0 Å². The Bertz CT molecular complexity index is 492. The smallest absolute Gasteiger partial charge is 0.115 e. The van der Waals surface area contributed by atoms with Crippen molar-refractivity contribution in [3.63, 3.8) is 0 Å².